The highest BCUT2D eigenvalue weighted by molar-refractivity contribution is 7.91. The predicted octanol–water partition coefficient (Wildman–Crippen LogP) is 3.40. The van der Waals surface area contributed by atoms with E-state index in [-0.39, 0.29) is 39.8 Å². The summed E-state index contributed by atoms with van der Waals surface area (Å²) in [7, 11) is -3.49. The van der Waals surface area contributed by atoms with E-state index in [1.165, 1.54) is 0 Å². The highest BCUT2D eigenvalue weighted by Gasteiger charge is 2.38. The molecule has 6 heteroatoms. The van der Waals surface area contributed by atoms with E-state index in [9.17, 15) is 13.2 Å². The third kappa shape index (κ3) is 3.73. The summed E-state index contributed by atoms with van der Waals surface area (Å²) in [6.07, 6.45) is 3.92. The fourth-order valence-corrected chi connectivity index (χ4v) is 5.53. The molecule has 0 N–H and O–H groups in total. The summed E-state index contributed by atoms with van der Waals surface area (Å²) < 4.78 is 25.7. The van der Waals surface area contributed by atoms with Gasteiger partial charge in [-0.25, -0.2) is 13.4 Å². The van der Waals surface area contributed by atoms with Gasteiger partial charge in [0, 0.05) is 12.1 Å². The van der Waals surface area contributed by atoms with Gasteiger partial charge in [-0.05, 0) is 63.0 Å². The second kappa shape index (κ2) is 6.38. The summed E-state index contributed by atoms with van der Waals surface area (Å²) >= 11 is 0. The fourth-order valence-electron chi connectivity index (χ4n) is 3.66. The molecule has 5 nitrogen and oxygen atoms in total. The van der Waals surface area contributed by atoms with E-state index in [0.29, 0.717) is 6.54 Å². The maximum atomic E-state index is 12.9. The molecule has 25 heavy (non-hydrogen) atoms. The Kier molecular flexibility index (Phi) is 4.69. The van der Waals surface area contributed by atoms with Crippen LogP contribution in [0, 0.1) is 5.92 Å². The van der Waals surface area contributed by atoms with E-state index in [4.69, 9.17) is 0 Å². The monoisotopic (exact) mass is 364 g/mol. The van der Waals surface area contributed by atoms with Crippen LogP contribution in [-0.2, 0) is 9.84 Å². The third-order valence-corrected chi connectivity index (χ3v) is 7.14. The van der Waals surface area contributed by atoms with Gasteiger partial charge in [0.1, 0.15) is 5.69 Å². The van der Waals surface area contributed by atoms with Crippen LogP contribution in [0.2, 0.25) is 0 Å². The first-order valence-corrected chi connectivity index (χ1v) is 10.8. The summed E-state index contributed by atoms with van der Waals surface area (Å²) in [4.78, 5) is 19.1. The molecule has 0 atom stereocenters. The highest BCUT2D eigenvalue weighted by atomic mass is 32.2. The molecule has 2 aliphatic rings. The Bertz CT molecular complexity index is 780. The smallest absolute Gasteiger partial charge is 0.272 e. The summed E-state index contributed by atoms with van der Waals surface area (Å²) in [5.41, 5.74) is 0.838. The first-order chi connectivity index (χ1) is 11.6. The van der Waals surface area contributed by atoms with E-state index < -0.39 is 9.84 Å². The number of sulfone groups is 1. The Hall–Kier alpha value is -1.43. The zero-order valence-electron chi connectivity index (χ0n) is 15.6. The van der Waals surface area contributed by atoms with Gasteiger partial charge >= 0.3 is 0 Å². The van der Waals surface area contributed by atoms with Crippen LogP contribution in [0.5, 0.6) is 0 Å². The Morgan fingerprint density at radius 2 is 2.00 bits per heavy atom. The fraction of sp³-hybridized carbons (Fsp3) is 0.684. The lowest BCUT2D eigenvalue weighted by Gasteiger charge is -2.31. The van der Waals surface area contributed by atoms with E-state index in [0.717, 1.165) is 31.2 Å². The van der Waals surface area contributed by atoms with Crippen molar-refractivity contribution in [3.8, 4) is 0 Å². The normalized spacial score (nSPS) is 20.3. The van der Waals surface area contributed by atoms with Crippen molar-refractivity contribution in [1.82, 2.24) is 9.88 Å². The minimum atomic E-state index is -3.49. The van der Waals surface area contributed by atoms with Crippen LogP contribution in [-0.4, -0.2) is 42.0 Å². The van der Waals surface area contributed by atoms with Crippen molar-refractivity contribution in [3.05, 3.63) is 23.4 Å². The number of rotatable bonds is 5. The average Bonchev–Trinajstić information content (AvgIpc) is 3.28. The molecule has 1 amide bonds. The Morgan fingerprint density at radius 3 is 2.52 bits per heavy atom. The lowest BCUT2D eigenvalue weighted by Crippen LogP contribution is -2.43. The first kappa shape index (κ1) is 18.4. The molecule has 0 unspecified atom stereocenters. The molecule has 1 saturated heterocycles. The molecule has 0 bridgehead atoms. The van der Waals surface area contributed by atoms with Crippen LogP contribution in [0.3, 0.4) is 0 Å². The van der Waals surface area contributed by atoms with Crippen LogP contribution < -0.4 is 0 Å². The van der Waals surface area contributed by atoms with Crippen molar-refractivity contribution < 1.29 is 13.2 Å². The lowest BCUT2D eigenvalue weighted by molar-refractivity contribution is 0.0645. The number of nitrogens with zero attached hydrogens (tertiary/aromatic N) is 2. The molecule has 2 fully saturated rings. The maximum Gasteiger partial charge on any atom is 0.272 e. The zero-order chi connectivity index (χ0) is 18.4. The minimum Gasteiger partial charge on any atom is -0.332 e. The molecule has 1 aromatic rings. The summed E-state index contributed by atoms with van der Waals surface area (Å²) in [6.45, 7) is 8.57. The lowest BCUT2D eigenvalue weighted by atomic mass is 10.0. The minimum absolute atomic E-state index is 0.0238. The Balaban J connectivity index is 2.00. The van der Waals surface area contributed by atoms with Crippen LogP contribution >= 0.6 is 0 Å². The van der Waals surface area contributed by atoms with Crippen molar-refractivity contribution in [2.45, 2.75) is 69.9 Å². The molecular formula is C19H28N2O3S. The molecule has 0 aromatic carbocycles. The largest absolute Gasteiger partial charge is 0.332 e. The molecular weight excluding hydrogens is 336 g/mol. The molecule has 1 aliphatic heterocycles. The Labute approximate surface area is 150 Å². The molecule has 0 radical (unpaired) electrons. The van der Waals surface area contributed by atoms with Crippen LogP contribution in [0.15, 0.2) is 17.2 Å². The SMILES string of the molecule is CC(C)CS(=O)(=O)c1nc(C(=O)N2CCCC2(C)C)ccc1C1CC1. The number of carbonyl (C=O) groups is 1. The molecule has 2 heterocycles. The standard InChI is InChI=1S/C19H28N2O3S/c1-13(2)12-25(23,24)17-15(14-6-7-14)8-9-16(20-17)18(22)21-11-5-10-19(21,3)4/h8-9,13-14H,5-7,10-12H2,1-4H3. The molecule has 1 aliphatic carbocycles. The molecule has 138 valence electrons. The van der Waals surface area contributed by atoms with Gasteiger partial charge in [0.05, 0.1) is 5.75 Å². The van der Waals surface area contributed by atoms with Crippen molar-refractivity contribution >= 4 is 15.7 Å². The van der Waals surface area contributed by atoms with Gasteiger partial charge in [0.25, 0.3) is 5.91 Å². The van der Waals surface area contributed by atoms with Crippen LogP contribution in [0.4, 0.5) is 0 Å². The Morgan fingerprint density at radius 1 is 1.32 bits per heavy atom. The number of amides is 1. The van der Waals surface area contributed by atoms with E-state index in [1.54, 1.807) is 6.07 Å². The maximum absolute atomic E-state index is 12.9. The number of likely N-dealkylation sites (tertiary alicyclic amines) is 1. The average molecular weight is 365 g/mol. The third-order valence-electron chi connectivity index (χ3n) is 5.12. The second-order valence-corrected chi connectivity index (χ2v) is 10.4. The van der Waals surface area contributed by atoms with Gasteiger partial charge in [-0.2, -0.15) is 0 Å². The van der Waals surface area contributed by atoms with Crippen LogP contribution in [0.1, 0.15) is 75.3 Å². The molecule has 1 saturated carbocycles. The topological polar surface area (TPSA) is 67.3 Å². The number of pyridine rings is 1. The predicted molar refractivity (Wildman–Crippen MR) is 97.5 cm³/mol. The summed E-state index contributed by atoms with van der Waals surface area (Å²) in [6, 6.07) is 3.52. The van der Waals surface area contributed by atoms with Crippen molar-refractivity contribution in [1.29, 1.82) is 0 Å². The van der Waals surface area contributed by atoms with Gasteiger partial charge in [0.2, 0.25) is 0 Å². The number of aromatic nitrogens is 1. The van der Waals surface area contributed by atoms with Gasteiger partial charge in [-0.1, -0.05) is 19.9 Å². The number of hydrogen-bond donors (Lipinski definition) is 0. The second-order valence-electron chi connectivity index (χ2n) is 8.41. The van der Waals surface area contributed by atoms with Gasteiger partial charge in [-0.3, -0.25) is 4.79 Å². The van der Waals surface area contributed by atoms with Crippen molar-refractivity contribution in [2.24, 2.45) is 5.92 Å². The molecule has 1 aromatic heterocycles. The van der Waals surface area contributed by atoms with Crippen molar-refractivity contribution in [2.75, 3.05) is 12.3 Å². The van der Waals surface area contributed by atoms with Gasteiger partial charge < -0.3 is 4.90 Å². The number of hydrogen-bond acceptors (Lipinski definition) is 4. The summed E-state index contributed by atoms with van der Waals surface area (Å²) in [5.74, 6) is 0.199. The molecule has 0 spiro atoms. The highest BCUT2D eigenvalue weighted by Crippen LogP contribution is 2.43. The van der Waals surface area contributed by atoms with E-state index in [1.807, 2.05) is 38.7 Å². The first-order valence-electron chi connectivity index (χ1n) is 9.17. The quantitative estimate of drug-likeness (QED) is 0.803. The van der Waals surface area contributed by atoms with E-state index >= 15 is 0 Å². The number of carbonyl (C=O) groups excluding carboxylic acids is 1. The zero-order valence-corrected chi connectivity index (χ0v) is 16.4. The van der Waals surface area contributed by atoms with E-state index in [2.05, 4.69) is 4.98 Å². The van der Waals surface area contributed by atoms with Gasteiger partial charge in [0.15, 0.2) is 14.9 Å². The van der Waals surface area contributed by atoms with Crippen molar-refractivity contribution in [3.63, 3.8) is 0 Å². The molecule has 3 rings (SSSR count). The summed E-state index contributed by atoms with van der Waals surface area (Å²) in [5, 5.41) is 0.131. The van der Waals surface area contributed by atoms with Crippen LogP contribution in [0.25, 0.3) is 0 Å². The van der Waals surface area contributed by atoms with Gasteiger partial charge in [-0.15, -0.1) is 0 Å².